The number of halogens is 2. The van der Waals surface area contributed by atoms with Gasteiger partial charge in [0.05, 0.1) is 6.67 Å². The SMILES string of the molecule is NC(P)CC[C@@H](F)CC[C@@H](P)CCCF. The van der Waals surface area contributed by atoms with E-state index in [9.17, 15) is 8.78 Å². The highest BCUT2D eigenvalue weighted by Gasteiger charge is 2.10. The van der Waals surface area contributed by atoms with Crippen LogP contribution in [-0.4, -0.2) is 24.3 Å². The van der Waals surface area contributed by atoms with E-state index in [2.05, 4.69) is 18.5 Å². The molecule has 15 heavy (non-hydrogen) atoms. The zero-order valence-corrected chi connectivity index (χ0v) is 11.5. The van der Waals surface area contributed by atoms with Crippen molar-refractivity contribution >= 4 is 18.5 Å². The Balaban J connectivity index is 3.39. The van der Waals surface area contributed by atoms with Crippen LogP contribution in [0.3, 0.4) is 0 Å². The van der Waals surface area contributed by atoms with Gasteiger partial charge in [-0.2, -0.15) is 0 Å². The maximum Gasteiger partial charge on any atom is 0.100 e. The van der Waals surface area contributed by atoms with Gasteiger partial charge in [0.15, 0.2) is 0 Å². The molecule has 0 aromatic heterocycles. The van der Waals surface area contributed by atoms with Crippen LogP contribution in [-0.2, 0) is 0 Å². The lowest BCUT2D eigenvalue weighted by Crippen LogP contribution is -2.14. The number of hydrogen-bond acceptors (Lipinski definition) is 1. The summed E-state index contributed by atoms with van der Waals surface area (Å²) in [6.07, 6.45) is 3.28. The average molecular weight is 257 g/mol. The van der Waals surface area contributed by atoms with Crippen molar-refractivity contribution in [1.29, 1.82) is 0 Å². The summed E-state index contributed by atoms with van der Waals surface area (Å²) in [5.41, 5.74) is 5.86. The lowest BCUT2D eigenvalue weighted by Gasteiger charge is -2.13. The summed E-state index contributed by atoms with van der Waals surface area (Å²) in [4.78, 5) is 0. The molecular weight excluding hydrogens is 234 g/mol. The molecule has 0 heterocycles. The molecule has 0 rings (SSSR count). The Bertz CT molecular complexity index is 147. The first-order valence-electron chi connectivity index (χ1n) is 5.53. The molecule has 2 N–H and O–H groups in total. The van der Waals surface area contributed by atoms with E-state index in [1.807, 2.05) is 0 Å². The van der Waals surface area contributed by atoms with Gasteiger partial charge < -0.3 is 5.73 Å². The molecule has 1 nitrogen and oxygen atoms in total. The fraction of sp³-hybridized carbons (Fsp3) is 1.00. The summed E-state index contributed by atoms with van der Waals surface area (Å²) >= 11 is 0. The van der Waals surface area contributed by atoms with Crippen molar-refractivity contribution < 1.29 is 8.78 Å². The normalized spacial score (nSPS) is 17.4. The largest absolute Gasteiger partial charge is 0.324 e. The van der Waals surface area contributed by atoms with Crippen LogP contribution in [0.2, 0.25) is 0 Å². The maximum atomic E-state index is 13.3. The minimum Gasteiger partial charge on any atom is -0.324 e. The molecule has 0 saturated heterocycles. The van der Waals surface area contributed by atoms with Crippen molar-refractivity contribution in [2.45, 2.75) is 56.1 Å². The Morgan fingerprint density at radius 2 is 1.60 bits per heavy atom. The zero-order chi connectivity index (χ0) is 11.7. The first-order chi connectivity index (χ1) is 7.06. The van der Waals surface area contributed by atoms with Gasteiger partial charge in [-0.25, -0.2) is 4.39 Å². The van der Waals surface area contributed by atoms with Crippen molar-refractivity contribution in [3.8, 4) is 0 Å². The summed E-state index contributed by atoms with van der Waals surface area (Å²) in [6.45, 7) is -0.272. The zero-order valence-electron chi connectivity index (χ0n) is 9.17. The Kier molecular flexibility index (Phi) is 10.3. The van der Waals surface area contributed by atoms with Crippen LogP contribution in [0.25, 0.3) is 0 Å². The molecule has 3 unspecified atom stereocenters. The second-order valence-electron chi connectivity index (χ2n) is 4.01. The van der Waals surface area contributed by atoms with Gasteiger partial charge >= 0.3 is 0 Å². The Labute approximate surface area is 96.4 Å². The molecule has 5 atom stereocenters. The molecule has 92 valence electrons. The molecule has 0 amide bonds. The van der Waals surface area contributed by atoms with Crippen molar-refractivity contribution in [2.24, 2.45) is 5.73 Å². The maximum absolute atomic E-state index is 13.3. The standard InChI is InChI=1S/C10H23F2NP2/c11-7-1-2-9(14)5-3-8(12)4-6-10(13)15/h8-10H,1-7,13-15H2/t8-,9-,10?/m0/s1. The minimum atomic E-state index is -0.759. The van der Waals surface area contributed by atoms with Crippen molar-refractivity contribution in [3.63, 3.8) is 0 Å². The van der Waals surface area contributed by atoms with E-state index in [0.29, 0.717) is 31.3 Å². The Hall–Kier alpha value is 0.680. The topological polar surface area (TPSA) is 26.0 Å². The van der Waals surface area contributed by atoms with E-state index in [1.54, 1.807) is 0 Å². The van der Waals surface area contributed by atoms with E-state index in [0.717, 1.165) is 12.8 Å². The molecule has 0 radical (unpaired) electrons. The highest BCUT2D eigenvalue weighted by atomic mass is 31.0. The van der Waals surface area contributed by atoms with Crippen LogP contribution < -0.4 is 5.73 Å². The quantitative estimate of drug-likeness (QED) is 0.631. The fourth-order valence-corrected chi connectivity index (χ4v) is 2.02. The molecular formula is C10H23F2NP2. The van der Waals surface area contributed by atoms with Gasteiger partial charge in [0.25, 0.3) is 0 Å². The number of alkyl halides is 2. The summed E-state index contributed by atoms with van der Waals surface area (Å²) < 4.78 is 25.2. The van der Waals surface area contributed by atoms with Crippen LogP contribution >= 0.6 is 18.5 Å². The highest BCUT2D eigenvalue weighted by molar-refractivity contribution is 7.17. The molecule has 0 fully saturated rings. The first-order valence-corrected chi connectivity index (χ1v) is 6.86. The number of hydrogen-bond donors (Lipinski definition) is 1. The van der Waals surface area contributed by atoms with E-state index in [1.165, 1.54) is 0 Å². The van der Waals surface area contributed by atoms with E-state index in [-0.39, 0.29) is 12.5 Å². The lowest BCUT2D eigenvalue weighted by atomic mass is 10.1. The minimum absolute atomic E-state index is 0.00147. The molecule has 5 heteroatoms. The average Bonchev–Trinajstić information content (AvgIpc) is 2.20. The monoisotopic (exact) mass is 257 g/mol. The third kappa shape index (κ3) is 11.0. The van der Waals surface area contributed by atoms with Gasteiger partial charge in [-0.1, -0.05) is 0 Å². The van der Waals surface area contributed by atoms with Crippen LogP contribution in [0.1, 0.15) is 38.5 Å². The van der Waals surface area contributed by atoms with E-state index < -0.39 is 6.17 Å². The second-order valence-corrected chi connectivity index (χ2v) is 5.81. The third-order valence-electron chi connectivity index (χ3n) is 2.37. The smallest absolute Gasteiger partial charge is 0.100 e. The molecule has 0 aromatic rings. The second kappa shape index (κ2) is 9.87. The molecule has 0 saturated carbocycles. The summed E-state index contributed by atoms with van der Waals surface area (Å²) in [7, 11) is 5.13. The highest BCUT2D eigenvalue weighted by Crippen LogP contribution is 2.19. The third-order valence-corrected chi connectivity index (χ3v) is 3.37. The summed E-state index contributed by atoms with van der Waals surface area (Å²) in [6, 6.07) is 0. The predicted octanol–water partition coefficient (Wildman–Crippen LogP) is 3.04. The first kappa shape index (κ1) is 15.7. The fourth-order valence-electron chi connectivity index (χ4n) is 1.40. The van der Waals surface area contributed by atoms with E-state index in [4.69, 9.17) is 5.73 Å². The van der Waals surface area contributed by atoms with Gasteiger partial charge in [0.1, 0.15) is 6.17 Å². The van der Waals surface area contributed by atoms with Gasteiger partial charge in [-0.05, 0) is 44.2 Å². The molecule has 0 aromatic carbocycles. The summed E-state index contributed by atoms with van der Waals surface area (Å²) in [5, 5.41) is 0. The molecule has 0 aliphatic heterocycles. The van der Waals surface area contributed by atoms with Crippen molar-refractivity contribution in [3.05, 3.63) is 0 Å². The van der Waals surface area contributed by atoms with Crippen LogP contribution in [0, 0.1) is 0 Å². The molecule has 0 aliphatic carbocycles. The number of nitrogens with two attached hydrogens (primary N) is 1. The van der Waals surface area contributed by atoms with Gasteiger partial charge in [-0.3, -0.25) is 4.39 Å². The van der Waals surface area contributed by atoms with Gasteiger partial charge in [-0.15, -0.1) is 18.5 Å². The lowest BCUT2D eigenvalue weighted by molar-refractivity contribution is 0.282. The Morgan fingerprint density at radius 1 is 1.00 bits per heavy atom. The number of rotatable bonds is 9. The van der Waals surface area contributed by atoms with Crippen LogP contribution in [0.15, 0.2) is 0 Å². The van der Waals surface area contributed by atoms with Crippen LogP contribution in [0.4, 0.5) is 8.78 Å². The van der Waals surface area contributed by atoms with Gasteiger partial charge in [0, 0.05) is 5.78 Å². The van der Waals surface area contributed by atoms with Crippen LogP contribution in [0.5, 0.6) is 0 Å². The Morgan fingerprint density at radius 3 is 2.13 bits per heavy atom. The summed E-state index contributed by atoms with van der Waals surface area (Å²) in [5.74, 6) is 0.00147. The molecule has 0 bridgehead atoms. The van der Waals surface area contributed by atoms with Crippen molar-refractivity contribution in [2.75, 3.05) is 6.67 Å². The molecule has 0 aliphatic rings. The van der Waals surface area contributed by atoms with Gasteiger partial charge in [0.2, 0.25) is 0 Å². The van der Waals surface area contributed by atoms with E-state index >= 15 is 0 Å². The predicted molar refractivity (Wildman–Crippen MR) is 69.8 cm³/mol. The molecule has 0 spiro atoms. The van der Waals surface area contributed by atoms with Crippen molar-refractivity contribution in [1.82, 2.24) is 0 Å².